The van der Waals surface area contributed by atoms with Crippen LogP contribution in [0.15, 0.2) is 0 Å². The van der Waals surface area contributed by atoms with Crippen LogP contribution in [0.5, 0.6) is 0 Å². The molecular formula is C13H23BrN2O. The van der Waals surface area contributed by atoms with Gasteiger partial charge in [-0.2, -0.15) is 0 Å². The molecule has 1 amide bonds. The third-order valence-electron chi connectivity index (χ3n) is 4.38. The van der Waals surface area contributed by atoms with E-state index in [1.807, 2.05) is 0 Å². The molecule has 0 aromatic heterocycles. The second kappa shape index (κ2) is 5.70. The molecule has 17 heavy (non-hydrogen) atoms. The van der Waals surface area contributed by atoms with Crippen LogP contribution in [0, 0.1) is 11.3 Å². The van der Waals surface area contributed by atoms with E-state index in [1.165, 1.54) is 32.4 Å². The third kappa shape index (κ3) is 3.02. The summed E-state index contributed by atoms with van der Waals surface area (Å²) in [7, 11) is 1.74. The van der Waals surface area contributed by atoms with E-state index < -0.39 is 0 Å². The van der Waals surface area contributed by atoms with E-state index >= 15 is 0 Å². The van der Waals surface area contributed by atoms with Gasteiger partial charge in [-0.25, -0.2) is 0 Å². The van der Waals surface area contributed by atoms with Gasteiger partial charge in [0, 0.05) is 25.5 Å². The van der Waals surface area contributed by atoms with E-state index in [4.69, 9.17) is 0 Å². The first-order valence-corrected chi connectivity index (χ1v) is 7.81. The first-order chi connectivity index (χ1) is 8.19. The number of piperidine rings is 1. The number of nitrogens with zero attached hydrogens (tertiary/aromatic N) is 1. The average molecular weight is 303 g/mol. The summed E-state index contributed by atoms with van der Waals surface area (Å²) in [5.74, 6) is 0.428. The predicted octanol–water partition coefficient (Wildman–Crippen LogP) is 2.01. The Hall–Kier alpha value is -0.0900. The Kier molecular flexibility index (Phi) is 4.47. The van der Waals surface area contributed by atoms with Gasteiger partial charge in [0.05, 0.1) is 5.92 Å². The van der Waals surface area contributed by atoms with Crippen LogP contribution in [-0.2, 0) is 4.79 Å². The lowest BCUT2D eigenvalue weighted by molar-refractivity contribution is -0.126. The van der Waals surface area contributed by atoms with Gasteiger partial charge in [-0.1, -0.05) is 22.4 Å². The Labute approximate surface area is 112 Å². The molecule has 1 aliphatic heterocycles. The maximum Gasteiger partial charge on any atom is 0.224 e. The molecule has 98 valence electrons. The fraction of sp³-hybridized carbons (Fsp3) is 0.923. The molecule has 1 atom stereocenters. The van der Waals surface area contributed by atoms with Gasteiger partial charge >= 0.3 is 0 Å². The number of amides is 1. The molecule has 1 unspecified atom stereocenters. The van der Waals surface area contributed by atoms with Crippen LogP contribution in [0.25, 0.3) is 0 Å². The minimum absolute atomic E-state index is 0.209. The van der Waals surface area contributed by atoms with Gasteiger partial charge in [0.15, 0.2) is 0 Å². The zero-order valence-electron chi connectivity index (χ0n) is 10.7. The molecule has 1 heterocycles. The van der Waals surface area contributed by atoms with Crippen molar-refractivity contribution in [2.24, 2.45) is 11.3 Å². The SMILES string of the molecule is CNC(=O)C1CCCN(CC2(CBr)CCC2)C1. The smallest absolute Gasteiger partial charge is 0.224 e. The number of carbonyl (C=O) groups excluding carboxylic acids is 1. The van der Waals surface area contributed by atoms with Crippen LogP contribution in [0.1, 0.15) is 32.1 Å². The third-order valence-corrected chi connectivity index (χ3v) is 5.57. The summed E-state index contributed by atoms with van der Waals surface area (Å²) in [6, 6.07) is 0. The molecule has 3 nitrogen and oxygen atoms in total. The molecule has 0 bridgehead atoms. The van der Waals surface area contributed by atoms with Gasteiger partial charge in [-0.05, 0) is 37.6 Å². The number of halogens is 1. The molecule has 0 radical (unpaired) electrons. The van der Waals surface area contributed by atoms with E-state index in [0.717, 1.165) is 24.7 Å². The number of hydrogen-bond donors (Lipinski definition) is 1. The summed E-state index contributed by atoms with van der Waals surface area (Å²) in [6.45, 7) is 3.29. The first kappa shape index (κ1) is 13.3. The Bertz CT molecular complexity index is 273. The molecule has 1 saturated heterocycles. The molecule has 2 fully saturated rings. The Morgan fingerprint density at radius 2 is 2.24 bits per heavy atom. The van der Waals surface area contributed by atoms with Gasteiger partial charge in [0.25, 0.3) is 0 Å². The van der Waals surface area contributed by atoms with Gasteiger partial charge in [-0.15, -0.1) is 0 Å². The van der Waals surface area contributed by atoms with Crippen LogP contribution in [0.4, 0.5) is 0 Å². The highest BCUT2D eigenvalue weighted by molar-refractivity contribution is 9.09. The maximum absolute atomic E-state index is 11.7. The van der Waals surface area contributed by atoms with Crippen molar-refractivity contribution in [2.45, 2.75) is 32.1 Å². The Morgan fingerprint density at radius 1 is 1.47 bits per heavy atom. The van der Waals surface area contributed by atoms with Crippen molar-refractivity contribution in [3.63, 3.8) is 0 Å². The highest BCUT2D eigenvalue weighted by atomic mass is 79.9. The Balaban J connectivity index is 1.87. The van der Waals surface area contributed by atoms with Crippen molar-refractivity contribution >= 4 is 21.8 Å². The van der Waals surface area contributed by atoms with E-state index in [-0.39, 0.29) is 11.8 Å². The molecule has 0 aromatic carbocycles. The summed E-state index contributed by atoms with van der Waals surface area (Å²) in [6.07, 6.45) is 6.28. The Morgan fingerprint density at radius 3 is 2.76 bits per heavy atom. The number of carbonyl (C=O) groups is 1. The standard InChI is InChI=1S/C13H23BrN2O/c1-15-12(17)11-4-2-7-16(8-11)10-13(9-14)5-3-6-13/h11H,2-10H2,1H3,(H,15,17). The minimum Gasteiger partial charge on any atom is -0.359 e. The quantitative estimate of drug-likeness (QED) is 0.806. The van der Waals surface area contributed by atoms with E-state index in [0.29, 0.717) is 5.41 Å². The lowest BCUT2D eigenvalue weighted by Gasteiger charge is -2.45. The molecular weight excluding hydrogens is 280 g/mol. The van der Waals surface area contributed by atoms with Crippen LogP contribution in [0.3, 0.4) is 0 Å². The van der Waals surface area contributed by atoms with Gasteiger partial charge in [0.2, 0.25) is 5.91 Å². The zero-order chi connectivity index (χ0) is 12.3. The van der Waals surface area contributed by atoms with Crippen LogP contribution < -0.4 is 5.32 Å². The topological polar surface area (TPSA) is 32.3 Å². The summed E-state index contributed by atoms with van der Waals surface area (Å²) >= 11 is 3.66. The summed E-state index contributed by atoms with van der Waals surface area (Å²) in [5.41, 5.74) is 0.505. The number of nitrogens with one attached hydrogen (secondary N) is 1. The van der Waals surface area contributed by atoms with Crippen molar-refractivity contribution in [2.75, 3.05) is 32.0 Å². The molecule has 0 aromatic rings. The van der Waals surface area contributed by atoms with Crippen molar-refractivity contribution in [1.82, 2.24) is 10.2 Å². The molecule has 2 aliphatic rings. The van der Waals surface area contributed by atoms with Crippen molar-refractivity contribution in [3.8, 4) is 0 Å². The second-order valence-electron chi connectivity index (χ2n) is 5.68. The lowest BCUT2D eigenvalue weighted by Crippen LogP contribution is -2.49. The molecule has 1 aliphatic carbocycles. The molecule has 0 spiro atoms. The summed E-state index contributed by atoms with van der Waals surface area (Å²) in [5, 5.41) is 3.90. The second-order valence-corrected chi connectivity index (χ2v) is 6.24. The highest BCUT2D eigenvalue weighted by Crippen LogP contribution is 2.43. The zero-order valence-corrected chi connectivity index (χ0v) is 12.3. The molecule has 1 N–H and O–H groups in total. The number of alkyl halides is 1. The molecule has 4 heteroatoms. The molecule has 1 saturated carbocycles. The van der Waals surface area contributed by atoms with E-state index in [1.54, 1.807) is 7.05 Å². The number of rotatable bonds is 4. The molecule has 2 rings (SSSR count). The maximum atomic E-state index is 11.7. The highest BCUT2D eigenvalue weighted by Gasteiger charge is 2.38. The normalized spacial score (nSPS) is 28.5. The summed E-state index contributed by atoms with van der Waals surface area (Å²) in [4.78, 5) is 14.2. The summed E-state index contributed by atoms with van der Waals surface area (Å²) < 4.78 is 0. The first-order valence-electron chi connectivity index (χ1n) is 6.69. The van der Waals surface area contributed by atoms with Crippen LogP contribution >= 0.6 is 15.9 Å². The largest absolute Gasteiger partial charge is 0.359 e. The monoisotopic (exact) mass is 302 g/mol. The van der Waals surface area contributed by atoms with Crippen LogP contribution in [0.2, 0.25) is 0 Å². The number of likely N-dealkylation sites (tertiary alicyclic amines) is 1. The van der Waals surface area contributed by atoms with E-state index in [9.17, 15) is 4.79 Å². The van der Waals surface area contributed by atoms with Gasteiger partial charge in [0.1, 0.15) is 0 Å². The van der Waals surface area contributed by atoms with Crippen molar-refractivity contribution < 1.29 is 4.79 Å². The van der Waals surface area contributed by atoms with Crippen LogP contribution in [-0.4, -0.2) is 42.8 Å². The minimum atomic E-state index is 0.209. The van der Waals surface area contributed by atoms with Gasteiger partial charge in [-0.3, -0.25) is 4.79 Å². The van der Waals surface area contributed by atoms with Gasteiger partial charge < -0.3 is 10.2 Å². The fourth-order valence-electron chi connectivity index (χ4n) is 3.10. The lowest BCUT2D eigenvalue weighted by atomic mass is 9.70. The van der Waals surface area contributed by atoms with Crippen molar-refractivity contribution in [3.05, 3.63) is 0 Å². The average Bonchev–Trinajstić information content (AvgIpc) is 2.33. The number of hydrogen-bond acceptors (Lipinski definition) is 2. The fourth-order valence-corrected chi connectivity index (χ4v) is 3.84. The van der Waals surface area contributed by atoms with Crippen molar-refractivity contribution in [1.29, 1.82) is 0 Å². The van der Waals surface area contributed by atoms with E-state index in [2.05, 4.69) is 26.1 Å². The predicted molar refractivity (Wildman–Crippen MR) is 73.3 cm³/mol.